The molecule has 4 rings (SSSR count). The van der Waals surface area contributed by atoms with Crippen LogP contribution < -0.4 is 9.46 Å². The van der Waals surface area contributed by atoms with E-state index in [-0.39, 0.29) is 21.9 Å². The normalized spacial score (nSPS) is 13.6. The Morgan fingerprint density at radius 2 is 2.00 bits per heavy atom. The Labute approximate surface area is 203 Å². The Morgan fingerprint density at radius 1 is 1.23 bits per heavy atom. The average Bonchev–Trinajstić information content (AvgIpc) is 3.39. The molecule has 0 amide bonds. The number of fused-ring (bicyclic) bond motifs is 3. The smallest absolute Gasteiger partial charge is 0.449 e. The maximum absolute atomic E-state index is 14.0. The number of benzene rings is 2. The quantitative estimate of drug-likeness (QED) is 0.318. The number of hydrogen-bond acceptors (Lipinski definition) is 5. The molecule has 10 heteroatoms. The van der Waals surface area contributed by atoms with E-state index in [1.165, 1.54) is 12.1 Å². The van der Waals surface area contributed by atoms with Crippen LogP contribution in [0.3, 0.4) is 0 Å². The lowest BCUT2D eigenvalue weighted by molar-refractivity contribution is 0.145. The van der Waals surface area contributed by atoms with Crippen LogP contribution in [0, 0.1) is 5.82 Å². The van der Waals surface area contributed by atoms with Crippen LogP contribution in [0.1, 0.15) is 31.5 Å². The van der Waals surface area contributed by atoms with E-state index in [2.05, 4.69) is 14.2 Å². The van der Waals surface area contributed by atoms with E-state index >= 15 is 0 Å². The second-order valence-corrected chi connectivity index (χ2v) is 9.96. The lowest BCUT2D eigenvalue weighted by Gasteiger charge is -2.16. The summed E-state index contributed by atoms with van der Waals surface area (Å²) in [6.07, 6.45) is 3.65. The van der Waals surface area contributed by atoms with Gasteiger partial charge in [0.15, 0.2) is 5.75 Å². The largest absolute Gasteiger partial charge is 0.511 e. The zero-order valence-corrected chi connectivity index (χ0v) is 20.4. The maximum atomic E-state index is 14.0. The fourth-order valence-electron chi connectivity index (χ4n) is 4.43. The summed E-state index contributed by atoms with van der Waals surface area (Å²) in [6, 6.07) is 8.49. The molecular formula is C25H28FN3O5S. The molecular weight excluding hydrogens is 473 g/mol. The van der Waals surface area contributed by atoms with Crippen molar-refractivity contribution < 1.29 is 27.4 Å². The average molecular weight is 502 g/mol. The van der Waals surface area contributed by atoms with Crippen molar-refractivity contribution in [1.82, 2.24) is 9.47 Å². The number of carboxylic acid groups (broad SMARTS) is 1. The summed E-state index contributed by atoms with van der Waals surface area (Å²) in [5, 5.41) is 9.82. The molecule has 3 aromatic rings. The second kappa shape index (κ2) is 10.1. The van der Waals surface area contributed by atoms with Gasteiger partial charge < -0.3 is 19.3 Å². The van der Waals surface area contributed by atoms with E-state index in [9.17, 15) is 22.7 Å². The van der Waals surface area contributed by atoms with Crippen LogP contribution >= 0.6 is 0 Å². The summed E-state index contributed by atoms with van der Waals surface area (Å²) in [5.41, 5.74) is 1.99. The van der Waals surface area contributed by atoms with Crippen LogP contribution in [-0.4, -0.2) is 48.8 Å². The van der Waals surface area contributed by atoms with Gasteiger partial charge in [-0.3, -0.25) is 4.72 Å². The van der Waals surface area contributed by atoms with Gasteiger partial charge in [0, 0.05) is 24.2 Å². The number of aryl methyl sites for hydroxylation is 2. The summed E-state index contributed by atoms with van der Waals surface area (Å²) in [6.45, 7) is 7.09. The van der Waals surface area contributed by atoms with Gasteiger partial charge in [0.05, 0.1) is 16.1 Å². The van der Waals surface area contributed by atoms with Crippen molar-refractivity contribution in [2.75, 3.05) is 24.4 Å². The number of ether oxygens (including phenoxy) is 1. The summed E-state index contributed by atoms with van der Waals surface area (Å²) >= 11 is 0. The Morgan fingerprint density at radius 3 is 2.71 bits per heavy atom. The van der Waals surface area contributed by atoms with Crippen LogP contribution in [0.5, 0.6) is 5.75 Å². The first-order chi connectivity index (χ1) is 16.7. The monoisotopic (exact) mass is 501 g/mol. The Kier molecular flexibility index (Phi) is 7.13. The lowest BCUT2D eigenvalue weighted by Crippen LogP contribution is -2.22. The number of anilines is 1. The number of halogens is 1. The molecule has 35 heavy (non-hydrogen) atoms. The first kappa shape index (κ1) is 24.7. The van der Waals surface area contributed by atoms with E-state index < -0.39 is 22.0 Å². The van der Waals surface area contributed by atoms with Gasteiger partial charge in [-0.1, -0.05) is 26.0 Å². The van der Waals surface area contributed by atoms with Gasteiger partial charge >= 0.3 is 6.16 Å². The topological polar surface area (TPSA) is 101 Å². The van der Waals surface area contributed by atoms with Crippen molar-refractivity contribution in [3.63, 3.8) is 0 Å². The fraction of sp³-hybridized carbons (Fsp3) is 0.320. The molecule has 0 atom stereocenters. The van der Waals surface area contributed by atoms with Gasteiger partial charge in [0.2, 0.25) is 0 Å². The first-order valence-electron chi connectivity index (χ1n) is 11.5. The number of carbonyl (C=O) groups is 1. The summed E-state index contributed by atoms with van der Waals surface area (Å²) < 4.78 is 50.3. The minimum absolute atomic E-state index is 0.00781. The lowest BCUT2D eigenvalue weighted by atomic mass is 10.2. The molecule has 0 fully saturated rings. The minimum atomic E-state index is -4.21. The molecule has 186 valence electrons. The van der Waals surface area contributed by atoms with Crippen LogP contribution in [0.25, 0.3) is 17.0 Å². The van der Waals surface area contributed by atoms with E-state index in [0.29, 0.717) is 11.9 Å². The summed E-state index contributed by atoms with van der Waals surface area (Å²) in [5.74, 6) is -0.646. The number of hydrogen-bond donors (Lipinski definition) is 2. The maximum Gasteiger partial charge on any atom is 0.511 e. The first-order valence-corrected chi connectivity index (χ1v) is 13.0. The Hall–Kier alpha value is -3.37. The summed E-state index contributed by atoms with van der Waals surface area (Å²) in [4.78, 5) is 13.4. The second-order valence-electron chi connectivity index (χ2n) is 8.31. The Balaban J connectivity index is 1.72. The van der Waals surface area contributed by atoms with Crippen LogP contribution in [0.4, 0.5) is 14.9 Å². The van der Waals surface area contributed by atoms with Crippen molar-refractivity contribution >= 4 is 38.8 Å². The molecule has 2 N–H and O–H groups in total. The van der Waals surface area contributed by atoms with Crippen molar-refractivity contribution in [1.29, 1.82) is 0 Å². The van der Waals surface area contributed by atoms with Crippen molar-refractivity contribution in [3.8, 4) is 5.75 Å². The predicted octanol–water partition coefficient (Wildman–Crippen LogP) is 4.94. The van der Waals surface area contributed by atoms with Crippen LogP contribution in [0.2, 0.25) is 0 Å². The summed E-state index contributed by atoms with van der Waals surface area (Å²) in [7, 11) is -4.21. The number of aromatic nitrogens is 1. The van der Waals surface area contributed by atoms with E-state index in [1.54, 1.807) is 18.2 Å². The molecule has 0 saturated carbocycles. The fourth-order valence-corrected chi connectivity index (χ4v) is 5.68. The molecule has 0 spiro atoms. The zero-order valence-electron chi connectivity index (χ0n) is 19.6. The van der Waals surface area contributed by atoms with Gasteiger partial charge in [-0.25, -0.2) is 17.6 Å². The van der Waals surface area contributed by atoms with E-state index in [0.717, 1.165) is 55.8 Å². The van der Waals surface area contributed by atoms with Gasteiger partial charge in [0.25, 0.3) is 10.0 Å². The van der Waals surface area contributed by atoms with Crippen LogP contribution in [-0.2, 0) is 23.0 Å². The molecule has 1 aliphatic rings. The molecule has 2 heterocycles. The molecule has 8 nitrogen and oxygen atoms in total. The molecule has 0 radical (unpaired) electrons. The standard InChI is InChI=1S/C25H28FN3O5S/c1-3-28(4-2)13-5-7-17-15-18(26)9-12-23(17)35(32,33)27-21-10-11-22-20(24(21)34-25(30)31)16-19-8-6-14-29(19)22/h5,7,9-12,15-16,27H,3-4,6,8,13-14H2,1-2H3,(H,30,31)/b7-5-. The zero-order chi connectivity index (χ0) is 25.2. The van der Waals surface area contributed by atoms with E-state index in [4.69, 9.17) is 4.74 Å². The highest BCUT2D eigenvalue weighted by molar-refractivity contribution is 7.92. The highest BCUT2D eigenvalue weighted by Crippen LogP contribution is 2.39. The Bertz CT molecular complexity index is 1390. The molecule has 0 bridgehead atoms. The number of rotatable bonds is 9. The number of nitrogens with one attached hydrogen (secondary N) is 1. The SMILES string of the molecule is CCN(CC)C/C=C\c1cc(F)ccc1S(=O)(=O)Nc1ccc2c(cc3n2CCC3)c1OC(=O)O. The van der Waals surface area contributed by atoms with Gasteiger partial charge in [-0.15, -0.1) is 0 Å². The minimum Gasteiger partial charge on any atom is -0.449 e. The highest BCUT2D eigenvalue weighted by atomic mass is 32.2. The molecule has 0 aliphatic carbocycles. The molecule has 2 aromatic carbocycles. The van der Waals surface area contributed by atoms with Crippen molar-refractivity contribution in [3.05, 3.63) is 59.5 Å². The molecule has 0 unspecified atom stereocenters. The van der Waals surface area contributed by atoms with Gasteiger partial charge in [0.1, 0.15) is 5.82 Å². The number of likely N-dealkylation sites (N-methyl/N-ethyl adjacent to an activating group) is 1. The van der Waals surface area contributed by atoms with Crippen LogP contribution in [0.15, 0.2) is 47.4 Å². The third-order valence-electron chi connectivity index (χ3n) is 6.19. The molecule has 1 aliphatic heterocycles. The third-order valence-corrected chi connectivity index (χ3v) is 7.63. The highest BCUT2D eigenvalue weighted by Gasteiger charge is 2.25. The number of nitrogens with zero attached hydrogens (tertiary/aromatic N) is 2. The molecule has 1 aromatic heterocycles. The predicted molar refractivity (Wildman–Crippen MR) is 133 cm³/mol. The van der Waals surface area contributed by atoms with Gasteiger partial charge in [-0.2, -0.15) is 0 Å². The third kappa shape index (κ3) is 5.18. The molecule has 0 saturated heterocycles. The van der Waals surface area contributed by atoms with Gasteiger partial charge in [-0.05, 0) is 67.9 Å². The number of sulfonamides is 1. The van der Waals surface area contributed by atoms with E-state index in [1.807, 2.05) is 19.9 Å². The van der Waals surface area contributed by atoms with Crippen molar-refractivity contribution in [2.45, 2.75) is 38.1 Å². The van der Waals surface area contributed by atoms with Crippen molar-refractivity contribution in [2.24, 2.45) is 0 Å².